The summed E-state index contributed by atoms with van der Waals surface area (Å²) >= 11 is 1.90. The third-order valence-electron chi connectivity index (χ3n) is 4.15. The third-order valence-corrected chi connectivity index (χ3v) is 5.53. The van der Waals surface area contributed by atoms with Gasteiger partial charge in [-0.1, -0.05) is 6.42 Å². The molecule has 2 heterocycles. The lowest BCUT2D eigenvalue weighted by Gasteiger charge is -2.21. The molecule has 2 aromatic rings. The maximum atomic E-state index is 11.2. The second-order valence-electron chi connectivity index (χ2n) is 5.73. The molecule has 1 atom stereocenters. The molecule has 1 unspecified atom stereocenters. The zero-order valence-electron chi connectivity index (χ0n) is 12.4. The maximum absolute atomic E-state index is 11.2. The van der Waals surface area contributed by atoms with Crippen molar-refractivity contribution in [2.24, 2.45) is 0 Å². The van der Waals surface area contributed by atoms with E-state index in [2.05, 4.69) is 26.0 Å². The van der Waals surface area contributed by atoms with E-state index in [0.717, 1.165) is 29.0 Å². The summed E-state index contributed by atoms with van der Waals surface area (Å²) < 4.78 is 1.90. The first-order valence-electron chi connectivity index (χ1n) is 7.37. The van der Waals surface area contributed by atoms with Gasteiger partial charge in [0.25, 0.3) is 0 Å². The van der Waals surface area contributed by atoms with Crippen molar-refractivity contribution in [2.75, 3.05) is 5.75 Å². The first-order valence-corrected chi connectivity index (χ1v) is 8.42. The zero-order valence-corrected chi connectivity index (χ0v) is 13.2. The average molecular weight is 304 g/mol. The predicted octanol–water partition coefficient (Wildman–Crippen LogP) is 3.70. The molecule has 0 spiro atoms. The Kier molecular flexibility index (Phi) is 3.93. The van der Waals surface area contributed by atoms with Crippen molar-refractivity contribution in [3.8, 4) is 0 Å². The molecule has 0 aliphatic carbocycles. The van der Waals surface area contributed by atoms with Crippen molar-refractivity contribution < 1.29 is 9.90 Å². The Morgan fingerprint density at radius 2 is 2.14 bits per heavy atom. The Morgan fingerprint density at radius 1 is 1.38 bits per heavy atom. The largest absolute Gasteiger partial charge is 0.480 e. The Labute approximate surface area is 128 Å². The highest BCUT2D eigenvalue weighted by Gasteiger charge is 2.24. The summed E-state index contributed by atoms with van der Waals surface area (Å²) in [4.78, 5) is 16.0. The van der Waals surface area contributed by atoms with Gasteiger partial charge >= 0.3 is 5.97 Å². The summed E-state index contributed by atoms with van der Waals surface area (Å²) in [6.07, 6.45) is 3.54. The van der Waals surface area contributed by atoms with Gasteiger partial charge in [0.1, 0.15) is 12.4 Å². The van der Waals surface area contributed by atoms with E-state index in [9.17, 15) is 9.90 Å². The summed E-state index contributed by atoms with van der Waals surface area (Å²) in [5.74, 6) is 1.26. The molecule has 1 aliphatic rings. The van der Waals surface area contributed by atoms with Crippen molar-refractivity contribution in [1.82, 2.24) is 9.55 Å². The molecule has 4 nitrogen and oxygen atoms in total. The first-order chi connectivity index (χ1) is 10.1. The molecular weight excluding hydrogens is 284 g/mol. The molecule has 21 heavy (non-hydrogen) atoms. The average Bonchev–Trinajstić information content (AvgIpc) is 2.78. The minimum atomic E-state index is -0.811. The van der Waals surface area contributed by atoms with Gasteiger partial charge in [-0.2, -0.15) is 11.8 Å². The van der Waals surface area contributed by atoms with Crippen LogP contribution in [0.2, 0.25) is 0 Å². The number of nitrogens with zero attached hydrogens (tertiary/aromatic N) is 2. The van der Waals surface area contributed by atoms with Crippen LogP contribution in [-0.4, -0.2) is 26.4 Å². The number of hydrogen-bond acceptors (Lipinski definition) is 3. The van der Waals surface area contributed by atoms with E-state index in [1.165, 1.54) is 24.0 Å². The van der Waals surface area contributed by atoms with Crippen LogP contribution in [0, 0.1) is 13.8 Å². The SMILES string of the molecule is Cc1cc2nc(C3CCCCS3)n(CC(=O)O)c2cc1C. The van der Waals surface area contributed by atoms with Gasteiger partial charge < -0.3 is 9.67 Å². The monoisotopic (exact) mass is 304 g/mol. The molecule has 1 fully saturated rings. The van der Waals surface area contributed by atoms with Crippen LogP contribution >= 0.6 is 11.8 Å². The number of fused-ring (bicyclic) bond motifs is 1. The van der Waals surface area contributed by atoms with E-state index in [1.807, 2.05) is 16.3 Å². The van der Waals surface area contributed by atoms with Crippen molar-refractivity contribution in [2.45, 2.75) is 44.9 Å². The number of carbonyl (C=O) groups is 1. The lowest BCUT2D eigenvalue weighted by atomic mass is 10.1. The van der Waals surface area contributed by atoms with Gasteiger partial charge in [-0.05, 0) is 55.7 Å². The number of imidazole rings is 1. The van der Waals surface area contributed by atoms with E-state index in [0.29, 0.717) is 5.25 Å². The Hall–Kier alpha value is -1.49. The minimum absolute atomic E-state index is 0.00854. The molecule has 0 bridgehead atoms. The first kappa shape index (κ1) is 14.4. The zero-order chi connectivity index (χ0) is 15.0. The van der Waals surface area contributed by atoms with Crippen molar-refractivity contribution >= 4 is 28.8 Å². The van der Waals surface area contributed by atoms with Crippen LogP contribution in [0.15, 0.2) is 12.1 Å². The summed E-state index contributed by atoms with van der Waals surface area (Å²) in [7, 11) is 0. The van der Waals surface area contributed by atoms with Gasteiger partial charge in [0.2, 0.25) is 0 Å². The Balaban J connectivity index is 2.14. The Bertz CT molecular complexity index is 687. The van der Waals surface area contributed by atoms with Crippen molar-refractivity contribution in [3.63, 3.8) is 0 Å². The minimum Gasteiger partial charge on any atom is -0.480 e. The van der Waals surface area contributed by atoms with Crippen LogP contribution in [0.1, 0.15) is 41.5 Å². The van der Waals surface area contributed by atoms with Gasteiger partial charge in [-0.3, -0.25) is 4.79 Å². The van der Waals surface area contributed by atoms with E-state index in [-0.39, 0.29) is 6.54 Å². The maximum Gasteiger partial charge on any atom is 0.323 e. The highest BCUT2D eigenvalue weighted by atomic mass is 32.2. The molecule has 1 aromatic carbocycles. The number of carboxylic acids is 1. The molecule has 112 valence electrons. The van der Waals surface area contributed by atoms with Crippen LogP contribution in [0.5, 0.6) is 0 Å². The molecular formula is C16H20N2O2S. The van der Waals surface area contributed by atoms with E-state index in [4.69, 9.17) is 4.98 Å². The topological polar surface area (TPSA) is 55.1 Å². The molecule has 0 radical (unpaired) electrons. The van der Waals surface area contributed by atoms with Crippen LogP contribution in [0.3, 0.4) is 0 Å². The smallest absolute Gasteiger partial charge is 0.323 e. The Morgan fingerprint density at radius 3 is 2.81 bits per heavy atom. The fourth-order valence-electron chi connectivity index (χ4n) is 2.89. The fraction of sp³-hybridized carbons (Fsp3) is 0.500. The predicted molar refractivity (Wildman–Crippen MR) is 85.9 cm³/mol. The number of aryl methyl sites for hydroxylation is 2. The third kappa shape index (κ3) is 2.79. The highest BCUT2D eigenvalue weighted by molar-refractivity contribution is 7.99. The molecule has 1 aromatic heterocycles. The number of hydrogen-bond donors (Lipinski definition) is 1. The van der Waals surface area contributed by atoms with Gasteiger partial charge in [0, 0.05) is 0 Å². The van der Waals surface area contributed by atoms with Crippen molar-refractivity contribution in [1.29, 1.82) is 0 Å². The second-order valence-corrected chi connectivity index (χ2v) is 7.04. The number of benzene rings is 1. The van der Waals surface area contributed by atoms with Crippen LogP contribution in [0.25, 0.3) is 11.0 Å². The summed E-state index contributed by atoms with van der Waals surface area (Å²) in [6.45, 7) is 4.12. The number of carboxylic acid groups (broad SMARTS) is 1. The summed E-state index contributed by atoms with van der Waals surface area (Å²) in [5.41, 5.74) is 4.24. The van der Waals surface area contributed by atoms with Gasteiger partial charge in [0.05, 0.1) is 16.3 Å². The molecule has 3 rings (SSSR count). The number of aromatic nitrogens is 2. The highest BCUT2D eigenvalue weighted by Crippen LogP contribution is 2.39. The lowest BCUT2D eigenvalue weighted by Crippen LogP contribution is -2.15. The molecule has 1 N–H and O–H groups in total. The van der Waals surface area contributed by atoms with Crippen LogP contribution in [-0.2, 0) is 11.3 Å². The standard InChI is InChI=1S/C16H20N2O2S/c1-10-7-12-13(8-11(10)2)18(9-15(19)20)16(17-12)14-5-3-4-6-21-14/h7-8,14H,3-6,9H2,1-2H3,(H,19,20). The van der Waals surface area contributed by atoms with Gasteiger partial charge in [-0.15, -0.1) is 0 Å². The second kappa shape index (κ2) is 5.72. The van der Waals surface area contributed by atoms with E-state index >= 15 is 0 Å². The lowest BCUT2D eigenvalue weighted by molar-refractivity contribution is -0.137. The normalized spacial score (nSPS) is 19.0. The number of rotatable bonds is 3. The van der Waals surface area contributed by atoms with E-state index < -0.39 is 5.97 Å². The van der Waals surface area contributed by atoms with Gasteiger partial charge in [0.15, 0.2) is 0 Å². The van der Waals surface area contributed by atoms with Crippen molar-refractivity contribution in [3.05, 3.63) is 29.1 Å². The molecule has 0 saturated carbocycles. The quantitative estimate of drug-likeness (QED) is 0.939. The van der Waals surface area contributed by atoms with Gasteiger partial charge in [-0.25, -0.2) is 4.98 Å². The number of thioether (sulfide) groups is 1. The summed E-state index contributed by atoms with van der Waals surface area (Å²) in [6, 6.07) is 4.14. The molecule has 0 amide bonds. The molecule has 5 heteroatoms. The van der Waals surface area contributed by atoms with Crippen LogP contribution in [0.4, 0.5) is 0 Å². The molecule has 1 aliphatic heterocycles. The fourth-order valence-corrected chi connectivity index (χ4v) is 4.21. The van der Waals surface area contributed by atoms with E-state index in [1.54, 1.807) is 0 Å². The van der Waals surface area contributed by atoms with Crippen LogP contribution < -0.4 is 0 Å². The molecule has 1 saturated heterocycles. The number of aliphatic carboxylic acids is 1. The summed E-state index contributed by atoms with van der Waals surface area (Å²) in [5, 5.41) is 9.56.